The molecule has 0 aromatic rings. The van der Waals surface area contributed by atoms with E-state index in [1.54, 1.807) is 7.11 Å². The Kier molecular flexibility index (Phi) is 4.00. The number of hydrogen-bond acceptors (Lipinski definition) is 3. The van der Waals surface area contributed by atoms with E-state index in [0.717, 1.165) is 6.42 Å². The highest BCUT2D eigenvalue weighted by Gasteiger charge is 2.41. The highest BCUT2D eigenvalue weighted by atomic mass is 16.6. The standard InChI is InChI=1S/C13H24O3/c1-12(2,3)16-11(14)13(4,9-15-5)8-10-6-7-10/h10H,6-9H2,1-5H3. The summed E-state index contributed by atoms with van der Waals surface area (Å²) in [6, 6.07) is 0. The minimum absolute atomic E-state index is 0.131. The number of carbonyl (C=O) groups excluding carboxylic acids is 1. The first-order valence-corrected chi connectivity index (χ1v) is 5.99. The van der Waals surface area contributed by atoms with Gasteiger partial charge in [-0.3, -0.25) is 4.79 Å². The number of ether oxygens (including phenoxy) is 2. The van der Waals surface area contributed by atoms with Crippen LogP contribution < -0.4 is 0 Å². The zero-order valence-electron chi connectivity index (χ0n) is 11.1. The minimum Gasteiger partial charge on any atom is -0.459 e. The van der Waals surface area contributed by atoms with Gasteiger partial charge in [0.2, 0.25) is 0 Å². The first-order valence-electron chi connectivity index (χ1n) is 5.99. The molecule has 1 aliphatic carbocycles. The third kappa shape index (κ3) is 4.12. The Morgan fingerprint density at radius 3 is 2.19 bits per heavy atom. The molecule has 3 heteroatoms. The number of esters is 1. The van der Waals surface area contributed by atoms with Crippen LogP contribution in [0.2, 0.25) is 0 Å². The normalized spacial score (nSPS) is 20.3. The SMILES string of the molecule is COCC(C)(CC1CC1)C(=O)OC(C)(C)C. The van der Waals surface area contributed by atoms with Crippen LogP contribution in [0.3, 0.4) is 0 Å². The van der Waals surface area contributed by atoms with E-state index in [-0.39, 0.29) is 5.97 Å². The first kappa shape index (κ1) is 13.5. The van der Waals surface area contributed by atoms with Crippen molar-refractivity contribution in [1.82, 2.24) is 0 Å². The Morgan fingerprint density at radius 1 is 1.25 bits per heavy atom. The molecule has 94 valence electrons. The molecule has 0 bridgehead atoms. The summed E-state index contributed by atoms with van der Waals surface area (Å²) < 4.78 is 10.6. The van der Waals surface area contributed by atoms with E-state index in [0.29, 0.717) is 12.5 Å². The van der Waals surface area contributed by atoms with Crippen molar-refractivity contribution in [1.29, 1.82) is 0 Å². The van der Waals surface area contributed by atoms with Crippen molar-refractivity contribution < 1.29 is 14.3 Å². The summed E-state index contributed by atoms with van der Waals surface area (Å²) >= 11 is 0. The number of methoxy groups -OCH3 is 1. The van der Waals surface area contributed by atoms with Crippen LogP contribution in [0.5, 0.6) is 0 Å². The molecule has 0 aliphatic heterocycles. The lowest BCUT2D eigenvalue weighted by Crippen LogP contribution is -2.39. The molecule has 0 heterocycles. The van der Waals surface area contributed by atoms with Crippen molar-refractivity contribution in [3.63, 3.8) is 0 Å². The van der Waals surface area contributed by atoms with Crippen molar-refractivity contribution in [2.45, 2.75) is 52.6 Å². The average molecular weight is 228 g/mol. The molecule has 1 aliphatic rings. The van der Waals surface area contributed by atoms with E-state index in [4.69, 9.17) is 9.47 Å². The van der Waals surface area contributed by atoms with Gasteiger partial charge in [-0.25, -0.2) is 0 Å². The molecule has 0 radical (unpaired) electrons. The van der Waals surface area contributed by atoms with Crippen molar-refractivity contribution in [3.05, 3.63) is 0 Å². The zero-order valence-corrected chi connectivity index (χ0v) is 11.1. The first-order chi connectivity index (χ1) is 7.27. The van der Waals surface area contributed by atoms with Crippen LogP contribution in [0, 0.1) is 11.3 Å². The van der Waals surface area contributed by atoms with Gasteiger partial charge < -0.3 is 9.47 Å². The van der Waals surface area contributed by atoms with Gasteiger partial charge in [0.05, 0.1) is 12.0 Å². The van der Waals surface area contributed by atoms with E-state index in [1.807, 2.05) is 27.7 Å². The Labute approximate surface area is 98.5 Å². The van der Waals surface area contributed by atoms with E-state index >= 15 is 0 Å². The maximum Gasteiger partial charge on any atom is 0.314 e. The molecule has 16 heavy (non-hydrogen) atoms. The van der Waals surface area contributed by atoms with E-state index in [2.05, 4.69) is 0 Å². The molecule has 1 atom stereocenters. The fourth-order valence-electron chi connectivity index (χ4n) is 1.88. The number of rotatable bonds is 5. The van der Waals surface area contributed by atoms with Gasteiger partial charge in [0.25, 0.3) is 0 Å². The molecule has 0 aromatic heterocycles. The molecule has 3 nitrogen and oxygen atoms in total. The van der Waals surface area contributed by atoms with Gasteiger partial charge in [0.1, 0.15) is 5.60 Å². The lowest BCUT2D eigenvalue weighted by molar-refractivity contribution is -0.170. The highest BCUT2D eigenvalue weighted by molar-refractivity contribution is 5.77. The highest BCUT2D eigenvalue weighted by Crippen LogP contribution is 2.41. The van der Waals surface area contributed by atoms with Crippen molar-refractivity contribution in [3.8, 4) is 0 Å². The monoisotopic (exact) mass is 228 g/mol. The molecular formula is C13H24O3. The summed E-state index contributed by atoms with van der Waals surface area (Å²) in [5.41, 5.74) is -0.904. The summed E-state index contributed by atoms with van der Waals surface area (Å²) in [5.74, 6) is 0.557. The summed E-state index contributed by atoms with van der Waals surface area (Å²) in [4.78, 5) is 12.1. The second kappa shape index (κ2) is 4.74. The molecule has 0 N–H and O–H groups in total. The topological polar surface area (TPSA) is 35.5 Å². The Balaban J connectivity index is 2.62. The van der Waals surface area contributed by atoms with E-state index in [9.17, 15) is 4.79 Å². The second-order valence-corrected chi connectivity index (χ2v) is 6.14. The Bertz CT molecular complexity index is 250. The molecule has 1 rings (SSSR count). The molecular weight excluding hydrogens is 204 g/mol. The maximum absolute atomic E-state index is 12.1. The second-order valence-electron chi connectivity index (χ2n) is 6.14. The van der Waals surface area contributed by atoms with Gasteiger partial charge in [-0.05, 0) is 40.0 Å². The third-order valence-corrected chi connectivity index (χ3v) is 2.79. The van der Waals surface area contributed by atoms with Crippen molar-refractivity contribution in [2.75, 3.05) is 13.7 Å². The van der Waals surface area contributed by atoms with Crippen LogP contribution in [0.25, 0.3) is 0 Å². The fraction of sp³-hybridized carbons (Fsp3) is 0.923. The van der Waals surface area contributed by atoms with Crippen LogP contribution in [-0.2, 0) is 14.3 Å². The van der Waals surface area contributed by atoms with Crippen LogP contribution in [-0.4, -0.2) is 25.3 Å². The van der Waals surface area contributed by atoms with Gasteiger partial charge in [0, 0.05) is 7.11 Å². The molecule has 1 unspecified atom stereocenters. The molecule has 1 fully saturated rings. The van der Waals surface area contributed by atoms with Crippen LogP contribution in [0.1, 0.15) is 47.0 Å². The van der Waals surface area contributed by atoms with Crippen molar-refractivity contribution >= 4 is 5.97 Å². The fourth-order valence-corrected chi connectivity index (χ4v) is 1.88. The van der Waals surface area contributed by atoms with Gasteiger partial charge >= 0.3 is 5.97 Å². The largest absolute Gasteiger partial charge is 0.459 e. The molecule has 0 amide bonds. The lowest BCUT2D eigenvalue weighted by atomic mass is 9.85. The Morgan fingerprint density at radius 2 is 1.81 bits per heavy atom. The predicted molar refractivity (Wildman–Crippen MR) is 63.2 cm³/mol. The van der Waals surface area contributed by atoms with Crippen molar-refractivity contribution in [2.24, 2.45) is 11.3 Å². The van der Waals surface area contributed by atoms with Crippen LogP contribution in [0.15, 0.2) is 0 Å². The van der Waals surface area contributed by atoms with Crippen LogP contribution >= 0.6 is 0 Å². The lowest BCUT2D eigenvalue weighted by Gasteiger charge is -2.31. The van der Waals surface area contributed by atoms with Gasteiger partial charge in [0.15, 0.2) is 0 Å². The number of hydrogen-bond donors (Lipinski definition) is 0. The maximum atomic E-state index is 12.1. The minimum atomic E-state index is -0.483. The van der Waals surface area contributed by atoms with Gasteiger partial charge in [-0.1, -0.05) is 12.8 Å². The zero-order chi connectivity index (χ0) is 12.4. The average Bonchev–Trinajstić information content (AvgIpc) is 2.85. The van der Waals surface area contributed by atoms with Gasteiger partial charge in [-0.2, -0.15) is 0 Å². The number of carbonyl (C=O) groups is 1. The predicted octanol–water partition coefficient (Wildman–Crippen LogP) is 2.78. The molecule has 0 spiro atoms. The third-order valence-electron chi connectivity index (χ3n) is 2.79. The summed E-state index contributed by atoms with van der Waals surface area (Å²) in [6.45, 7) is 8.08. The Hall–Kier alpha value is -0.570. The summed E-state index contributed by atoms with van der Waals surface area (Å²) in [5, 5.41) is 0. The molecule has 0 saturated heterocycles. The molecule has 1 saturated carbocycles. The summed E-state index contributed by atoms with van der Waals surface area (Å²) in [6.07, 6.45) is 3.36. The smallest absolute Gasteiger partial charge is 0.314 e. The van der Waals surface area contributed by atoms with E-state index < -0.39 is 11.0 Å². The molecule has 0 aromatic carbocycles. The van der Waals surface area contributed by atoms with Crippen LogP contribution in [0.4, 0.5) is 0 Å². The van der Waals surface area contributed by atoms with Gasteiger partial charge in [-0.15, -0.1) is 0 Å². The van der Waals surface area contributed by atoms with E-state index in [1.165, 1.54) is 12.8 Å². The summed E-state index contributed by atoms with van der Waals surface area (Å²) in [7, 11) is 1.63. The quantitative estimate of drug-likeness (QED) is 0.679.